The molecule has 1 aliphatic carbocycles. The molecular formula is C10H12FN. The topological polar surface area (TPSA) is 26.0 Å². The lowest BCUT2D eigenvalue weighted by molar-refractivity contribution is 0.624. The number of hydrogen-bond donors (Lipinski definition) is 1. The van der Waals surface area contributed by atoms with Crippen LogP contribution in [-0.2, 0) is 0 Å². The SMILES string of the molecule is Cc1ccc(F)cc1C1CC1N. The first-order valence-corrected chi connectivity index (χ1v) is 4.20. The highest BCUT2D eigenvalue weighted by atomic mass is 19.1. The number of rotatable bonds is 1. The molecule has 12 heavy (non-hydrogen) atoms. The smallest absolute Gasteiger partial charge is 0.123 e. The highest BCUT2D eigenvalue weighted by molar-refractivity contribution is 5.35. The van der Waals surface area contributed by atoms with Crippen LogP contribution in [0.25, 0.3) is 0 Å². The average Bonchev–Trinajstić information content (AvgIpc) is 2.73. The summed E-state index contributed by atoms with van der Waals surface area (Å²) in [5, 5.41) is 0. The highest BCUT2D eigenvalue weighted by Crippen LogP contribution is 2.40. The van der Waals surface area contributed by atoms with Crippen molar-refractivity contribution in [1.82, 2.24) is 0 Å². The molecule has 0 bridgehead atoms. The van der Waals surface area contributed by atoms with Crippen molar-refractivity contribution in [2.24, 2.45) is 5.73 Å². The van der Waals surface area contributed by atoms with Gasteiger partial charge in [-0.3, -0.25) is 0 Å². The molecule has 2 unspecified atom stereocenters. The van der Waals surface area contributed by atoms with Gasteiger partial charge < -0.3 is 5.73 Å². The zero-order chi connectivity index (χ0) is 8.72. The Morgan fingerprint density at radius 2 is 2.17 bits per heavy atom. The Labute approximate surface area is 71.4 Å². The summed E-state index contributed by atoms with van der Waals surface area (Å²) in [6, 6.07) is 5.17. The summed E-state index contributed by atoms with van der Waals surface area (Å²) in [6.45, 7) is 2.00. The molecule has 1 fully saturated rings. The van der Waals surface area contributed by atoms with Gasteiger partial charge in [0.2, 0.25) is 0 Å². The number of halogens is 1. The molecule has 0 saturated heterocycles. The first-order chi connectivity index (χ1) is 5.68. The lowest BCUT2D eigenvalue weighted by Crippen LogP contribution is -2.02. The number of benzene rings is 1. The van der Waals surface area contributed by atoms with E-state index in [1.54, 1.807) is 6.07 Å². The number of aryl methyl sites for hydroxylation is 1. The third kappa shape index (κ3) is 1.23. The van der Waals surface area contributed by atoms with Crippen molar-refractivity contribution in [3.05, 3.63) is 35.1 Å². The van der Waals surface area contributed by atoms with Crippen LogP contribution in [0.5, 0.6) is 0 Å². The summed E-state index contributed by atoms with van der Waals surface area (Å²) in [5.41, 5.74) is 7.93. The van der Waals surface area contributed by atoms with E-state index in [-0.39, 0.29) is 11.9 Å². The molecule has 1 saturated carbocycles. The molecule has 0 aliphatic heterocycles. The average molecular weight is 165 g/mol. The van der Waals surface area contributed by atoms with Crippen molar-refractivity contribution in [3.63, 3.8) is 0 Å². The molecule has 1 aliphatic rings. The Hall–Kier alpha value is -0.890. The third-order valence-corrected chi connectivity index (χ3v) is 2.48. The molecule has 0 heterocycles. The van der Waals surface area contributed by atoms with Crippen molar-refractivity contribution in [1.29, 1.82) is 0 Å². The molecule has 2 heteroatoms. The maximum Gasteiger partial charge on any atom is 0.123 e. The normalized spacial score (nSPS) is 27.2. The predicted molar refractivity (Wildman–Crippen MR) is 46.5 cm³/mol. The van der Waals surface area contributed by atoms with Crippen molar-refractivity contribution in [2.45, 2.75) is 25.3 Å². The second-order valence-corrected chi connectivity index (χ2v) is 3.51. The molecule has 1 aromatic rings. The van der Waals surface area contributed by atoms with Gasteiger partial charge in [0.1, 0.15) is 5.82 Å². The van der Waals surface area contributed by atoms with Crippen LogP contribution in [0.4, 0.5) is 4.39 Å². The minimum absolute atomic E-state index is 0.158. The first-order valence-electron chi connectivity index (χ1n) is 4.20. The van der Waals surface area contributed by atoms with E-state index in [1.165, 1.54) is 6.07 Å². The zero-order valence-electron chi connectivity index (χ0n) is 7.05. The summed E-state index contributed by atoms with van der Waals surface area (Å²) in [6.07, 6.45) is 1.00. The molecule has 1 nitrogen and oxygen atoms in total. The van der Waals surface area contributed by atoms with Gasteiger partial charge in [0.05, 0.1) is 0 Å². The Kier molecular flexibility index (Phi) is 1.65. The van der Waals surface area contributed by atoms with E-state index >= 15 is 0 Å². The molecule has 64 valence electrons. The monoisotopic (exact) mass is 165 g/mol. The predicted octanol–water partition coefficient (Wildman–Crippen LogP) is 1.95. The fourth-order valence-electron chi connectivity index (χ4n) is 1.58. The van der Waals surface area contributed by atoms with E-state index in [4.69, 9.17) is 5.73 Å². The lowest BCUT2D eigenvalue weighted by atomic mass is 10.0. The van der Waals surface area contributed by atoms with Gasteiger partial charge in [-0.15, -0.1) is 0 Å². The van der Waals surface area contributed by atoms with Crippen LogP contribution in [0.2, 0.25) is 0 Å². The Balaban J connectivity index is 2.36. The summed E-state index contributed by atoms with van der Waals surface area (Å²) < 4.78 is 12.8. The molecule has 0 radical (unpaired) electrons. The quantitative estimate of drug-likeness (QED) is 0.676. The Bertz CT molecular complexity index is 309. The molecule has 0 amide bonds. The fraction of sp³-hybridized carbons (Fsp3) is 0.400. The Morgan fingerprint density at radius 1 is 1.50 bits per heavy atom. The third-order valence-electron chi connectivity index (χ3n) is 2.48. The van der Waals surface area contributed by atoms with Gasteiger partial charge in [-0.2, -0.15) is 0 Å². The standard InChI is InChI=1S/C10H12FN/c1-6-2-3-7(11)4-8(6)9-5-10(9)12/h2-4,9-10H,5,12H2,1H3. The van der Waals surface area contributed by atoms with Gasteiger partial charge in [-0.1, -0.05) is 6.07 Å². The summed E-state index contributed by atoms with van der Waals surface area (Å²) >= 11 is 0. The van der Waals surface area contributed by atoms with Gasteiger partial charge in [0.25, 0.3) is 0 Å². The maximum absolute atomic E-state index is 12.8. The largest absolute Gasteiger partial charge is 0.327 e. The molecular weight excluding hydrogens is 153 g/mol. The summed E-state index contributed by atoms with van der Waals surface area (Å²) in [7, 11) is 0. The molecule has 1 aromatic carbocycles. The van der Waals surface area contributed by atoms with E-state index in [9.17, 15) is 4.39 Å². The van der Waals surface area contributed by atoms with E-state index in [2.05, 4.69) is 0 Å². The van der Waals surface area contributed by atoms with Crippen LogP contribution >= 0.6 is 0 Å². The van der Waals surface area contributed by atoms with Gasteiger partial charge in [-0.25, -0.2) is 4.39 Å². The first kappa shape index (κ1) is 7.74. The van der Waals surface area contributed by atoms with Gasteiger partial charge >= 0.3 is 0 Å². The van der Waals surface area contributed by atoms with Crippen molar-refractivity contribution in [2.75, 3.05) is 0 Å². The van der Waals surface area contributed by atoms with Crippen LogP contribution in [0.15, 0.2) is 18.2 Å². The van der Waals surface area contributed by atoms with Crippen LogP contribution in [0.3, 0.4) is 0 Å². The van der Waals surface area contributed by atoms with Gasteiger partial charge in [0, 0.05) is 12.0 Å². The minimum atomic E-state index is -0.158. The minimum Gasteiger partial charge on any atom is -0.327 e. The summed E-state index contributed by atoms with van der Waals surface area (Å²) in [5.74, 6) is 0.246. The lowest BCUT2D eigenvalue weighted by Gasteiger charge is -2.03. The Morgan fingerprint density at radius 3 is 2.75 bits per heavy atom. The van der Waals surface area contributed by atoms with Crippen molar-refractivity contribution >= 4 is 0 Å². The van der Waals surface area contributed by atoms with Gasteiger partial charge in [0.15, 0.2) is 0 Å². The van der Waals surface area contributed by atoms with E-state index in [1.807, 2.05) is 13.0 Å². The number of hydrogen-bond acceptors (Lipinski definition) is 1. The fourth-order valence-corrected chi connectivity index (χ4v) is 1.58. The van der Waals surface area contributed by atoms with E-state index < -0.39 is 0 Å². The summed E-state index contributed by atoms with van der Waals surface area (Å²) in [4.78, 5) is 0. The molecule has 2 rings (SSSR count). The maximum atomic E-state index is 12.8. The van der Waals surface area contributed by atoms with Crippen molar-refractivity contribution in [3.8, 4) is 0 Å². The second-order valence-electron chi connectivity index (χ2n) is 3.51. The van der Waals surface area contributed by atoms with Gasteiger partial charge in [-0.05, 0) is 36.6 Å². The van der Waals surface area contributed by atoms with E-state index in [0.717, 1.165) is 17.5 Å². The number of nitrogens with two attached hydrogens (primary N) is 1. The van der Waals surface area contributed by atoms with Crippen LogP contribution in [0, 0.1) is 12.7 Å². The van der Waals surface area contributed by atoms with Crippen LogP contribution in [0.1, 0.15) is 23.5 Å². The van der Waals surface area contributed by atoms with Crippen LogP contribution < -0.4 is 5.73 Å². The van der Waals surface area contributed by atoms with Crippen LogP contribution in [-0.4, -0.2) is 6.04 Å². The highest BCUT2D eigenvalue weighted by Gasteiger charge is 2.35. The van der Waals surface area contributed by atoms with Crippen molar-refractivity contribution < 1.29 is 4.39 Å². The zero-order valence-corrected chi connectivity index (χ0v) is 7.05. The second kappa shape index (κ2) is 2.56. The van der Waals surface area contributed by atoms with E-state index in [0.29, 0.717) is 5.92 Å². The molecule has 2 atom stereocenters. The molecule has 0 spiro atoms. The molecule has 2 N–H and O–H groups in total. The molecule has 0 aromatic heterocycles.